The van der Waals surface area contributed by atoms with Crippen molar-refractivity contribution in [2.24, 2.45) is 5.73 Å². The molecule has 25 heavy (non-hydrogen) atoms. The molecule has 0 aliphatic rings. The molecular formula is C22H27N3. The Kier molecular flexibility index (Phi) is 5.67. The summed E-state index contributed by atoms with van der Waals surface area (Å²) in [6.07, 6.45) is 7.11. The van der Waals surface area contributed by atoms with Crippen LogP contribution in [0.15, 0.2) is 66.9 Å². The molecule has 130 valence electrons. The lowest BCUT2D eigenvalue weighted by molar-refractivity contribution is 0.367. The van der Waals surface area contributed by atoms with Crippen molar-refractivity contribution < 1.29 is 0 Å². The summed E-state index contributed by atoms with van der Waals surface area (Å²) >= 11 is 0. The predicted molar refractivity (Wildman–Crippen MR) is 104 cm³/mol. The number of H-pyrrole nitrogens is 1. The molecule has 1 unspecified atom stereocenters. The van der Waals surface area contributed by atoms with Crippen LogP contribution in [-0.2, 0) is 12.0 Å². The molecule has 2 aromatic carbocycles. The van der Waals surface area contributed by atoms with E-state index in [9.17, 15) is 0 Å². The second-order valence-electron chi connectivity index (χ2n) is 6.79. The number of benzene rings is 2. The van der Waals surface area contributed by atoms with Crippen LogP contribution in [0.3, 0.4) is 0 Å². The van der Waals surface area contributed by atoms with Gasteiger partial charge in [-0.25, -0.2) is 4.98 Å². The molecule has 3 aromatic rings. The number of nitrogens with one attached hydrogen (secondary N) is 1. The van der Waals surface area contributed by atoms with Gasteiger partial charge in [0.25, 0.3) is 0 Å². The third-order valence-corrected chi connectivity index (χ3v) is 4.72. The van der Waals surface area contributed by atoms with Gasteiger partial charge in [-0.05, 0) is 24.0 Å². The molecule has 0 aliphatic heterocycles. The first-order valence-electron chi connectivity index (χ1n) is 9.15. The van der Waals surface area contributed by atoms with Crippen LogP contribution in [0.4, 0.5) is 0 Å². The number of nitrogens with zero attached hydrogens (tertiary/aromatic N) is 1. The molecule has 1 heterocycles. The van der Waals surface area contributed by atoms with Crippen molar-refractivity contribution in [1.82, 2.24) is 9.97 Å². The number of aromatic nitrogens is 2. The second-order valence-corrected chi connectivity index (χ2v) is 6.79. The summed E-state index contributed by atoms with van der Waals surface area (Å²) < 4.78 is 0. The van der Waals surface area contributed by atoms with E-state index in [0.717, 1.165) is 36.3 Å². The summed E-state index contributed by atoms with van der Waals surface area (Å²) in [5, 5.41) is 0. The van der Waals surface area contributed by atoms with Crippen LogP contribution in [0.1, 0.15) is 44.0 Å². The van der Waals surface area contributed by atoms with Gasteiger partial charge in [0.05, 0.1) is 17.4 Å². The van der Waals surface area contributed by atoms with Crippen LogP contribution in [0.5, 0.6) is 0 Å². The maximum absolute atomic E-state index is 6.89. The van der Waals surface area contributed by atoms with E-state index < -0.39 is 5.54 Å². The number of hydrogen-bond donors (Lipinski definition) is 2. The fraction of sp³-hybridized carbons (Fsp3) is 0.318. The minimum atomic E-state index is -0.469. The van der Waals surface area contributed by atoms with Crippen molar-refractivity contribution in [3.8, 4) is 11.3 Å². The average molecular weight is 333 g/mol. The second kappa shape index (κ2) is 8.13. The van der Waals surface area contributed by atoms with E-state index in [1.807, 2.05) is 30.5 Å². The number of rotatable bonds is 8. The smallest absolute Gasteiger partial charge is 0.127 e. The van der Waals surface area contributed by atoms with E-state index in [1.165, 1.54) is 18.4 Å². The van der Waals surface area contributed by atoms with Crippen LogP contribution < -0.4 is 5.73 Å². The van der Waals surface area contributed by atoms with Gasteiger partial charge in [0, 0.05) is 0 Å². The van der Waals surface area contributed by atoms with Gasteiger partial charge >= 0.3 is 0 Å². The standard InChI is InChI=1S/C22H27N3/c1-2-3-10-15-22(23,16-18-11-6-4-7-12-18)21-24-17-20(25-21)19-13-8-5-9-14-19/h4-9,11-14,17H,2-3,10,15-16,23H2,1H3,(H,24,25). The number of imidazole rings is 1. The first-order valence-corrected chi connectivity index (χ1v) is 9.15. The number of unbranched alkanes of at least 4 members (excludes halogenated alkanes) is 2. The minimum Gasteiger partial charge on any atom is -0.340 e. The fourth-order valence-electron chi connectivity index (χ4n) is 3.28. The summed E-state index contributed by atoms with van der Waals surface area (Å²) in [6.45, 7) is 2.22. The van der Waals surface area contributed by atoms with E-state index in [-0.39, 0.29) is 0 Å². The lowest BCUT2D eigenvalue weighted by atomic mass is 9.86. The van der Waals surface area contributed by atoms with Crippen molar-refractivity contribution in [3.63, 3.8) is 0 Å². The van der Waals surface area contributed by atoms with E-state index in [0.29, 0.717) is 0 Å². The largest absolute Gasteiger partial charge is 0.340 e. The van der Waals surface area contributed by atoms with Gasteiger partial charge in [0.2, 0.25) is 0 Å². The maximum atomic E-state index is 6.89. The Morgan fingerprint density at radius 2 is 1.64 bits per heavy atom. The van der Waals surface area contributed by atoms with Gasteiger partial charge < -0.3 is 10.7 Å². The first kappa shape index (κ1) is 17.4. The Bertz CT molecular complexity index is 764. The van der Waals surface area contributed by atoms with Gasteiger partial charge in [-0.3, -0.25) is 0 Å². The first-order chi connectivity index (χ1) is 12.2. The van der Waals surface area contributed by atoms with Crippen LogP contribution in [0.2, 0.25) is 0 Å². The van der Waals surface area contributed by atoms with Gasteiger partial charge in [-0.1, -0.05) is 86.8 Å². The summed E-state index contributed by atoms with van der Waals surface area (Å²) in [6, 6.07) is 20.7. The fourth-order valence-corrected chi connectivity index (χ4v) is 3.28. The molecule has 1 aromatic heterocycles. The highest BCUT2D eigenvalue weighted by Crippen LogP contribution is 2.29. The highest BCUT2D eigenvalue weighted by molar-refractivity contribution is 5.58. The zero-order chi connectivity index (χ0) is 17.5. The molecule has 0 saturated carbocycles. The summed E-state index contributed by atoms with van der Waals surface area (Å²) in [5.74, 6) is 0.881. The SMILES string of the molecule is CCCCCC(N)(Cc1ccccc1)c1ncc(-c2ccccc2)[nH]1. The molecule has 0 fully saturated rings. The summed E-state index contributed by atoms with van der Waals surface area (Å²) in [7, 11) is 0. The lowest BCUT2D eigenvalue weighted by Crippen LogP contribution is -2.40. The lowest BCUT2D eigenvalue weighted by Gasteiger charge is -2.28. The van der Waals surface area contributed by atoms with Crippen molar-refractivity contribution in [3.05, 3.63) is 78.2 Å². The van der Waals surface area contributed by atoms with Crippen molar-refractivity contribution >= 4 is 0 Å². The number of aromatic amines is 1. The van der Waals surface area contributed by atoms with Crippen molar-refractivity contribution in [2.45, 2.75) is 44.6 Å². The Morgan fingerprint density at radius 3 is 2.32 bits per heavy atom. The van der Waals surface area contributed by atoms with Crippen molar-refractivity contribution in [2.75, 3.05) is 0 Å². The normalized spacial score (nSPS) is 13.5. The molecule has 3 nitrogen and oxygen atoms in total. The highest BCUT2D eigenvalue weighted by Gasteiger charge is 2.30. The molecular weight excluding hydrogens is 306 g/mol. The van der Waals surface area contributed by atoms with Gasteiger partial charge in [-0.2, -0.15) is 0 Å². The van der Waals surface area contributed by atoms with Gasteiger partial charge in [-0.15, -0.1) is 0 Å². The minimum absolute atomic E-state index is 0.469. The van der Waals surface area contributed by atoms with Crippen LogP contribution >= 0.6 is 0 Å². The van der Waals surface area contributed by atoms with Gasteiger partial charge in [0.15, 0.2) is 0 Å². The summed E-state index contributed by atoms with van der Waals surface area (Å²) in [4.78, 5) is 8.14. The molecule has 3 rings (SSSR count). The Morgan fingerprint density at radius 1 is 0.960 bits per heavy atom. The number of hydrogen-bond acceptors (Lipinski definition) is 2. The third-order valence-electron chi connectivity index (χ3n) is 4.72. The molecule has 0 spiro atoms. The Labute approximate surface area is 150 Å². The molecule has 0 amide bonds. The Balaban J connectivity index is 1.87. The van der Waals surface area contributed by atoms with Crippen LogP contribution in [0.25, 0.3) is 11.3 Å². The predicted octanol–water partition coefficient (Wildman–Crippen LogP) is 5.05. The van der Waals surface area contributed by atoms with E-state index in [2.05, 4.69) is 53.3 Å². The van der Waals surface area contributed by atoms with E-state index in [1.54, 1.807) is 0 Å². The highest BCUT2D eigenvalue weighted by atomic mass is 15.0. The van der Waals surface area contributed by atoms with Crippen LogP contribution in [0, 0.1) is 0 Å². The zero-order valence-corrected chi connectivity index (χ0v) is 14.9. The summed E-state index contributed by atoms with van der Waals surface area (Å²) in [5.41, 5.74) is 9.83. The monoisotopic (exact) mass is 333 g/mol. The van der Waals surface area contributed by atoms with E-state index >= 15 is 0 Å². The molecule has 3 heteroatoms. The maximum Gasteiger partial charge on any atom is 0.127 e. The van der Waals surface area contributed by atoms with Crippen LogP contribution in [-0.4, -0.2) is 9.97 Å². The average Bonchev–Trinajstić information content (AvgIpc) is 3.15. The number of nitrogens with two attached hydrogens (primary N) is 1. The zero-order valence-electron chi connectivity index (χ0n) is 14.9. The molecule has 0 saturated heterocycles. The van der Waals surface area contributed by atoms with Crippen molar-refractivity contribution in [1.29, 1.82) is 0 Å². The van der Waals surface area contributed by atoms with E-state index in [4.69, 9.17) is 5.73 Å². The molecule has 0 radical (unpaired) electrons. The Hall–Kier alpha value is -2.39. The van der Waals surface area contributed by atoms with Gasteiger partial charge in [0.1, 0.15) is 5.82 Å². The molecule has 0 aliphatic carbocycles. The third kappa shape index (κ3) is 4.37. The molecule has 0 bridgehead atoms. The molecule has 1 atom stereocenters. The topological polar surface area (TPSA) is 54.7 Å². The molecule has 3 N–H and O–H groups in total. The quantitative estimate of drug-likeness (QED) is 0.567.